The zero-order chi connectivity index (χ0) is 10.4. The summed E-state index contributed by atoms with van der Waals surface area (Å²) in [5.74, 6) is 0. The Morgan fingerprint density at radius 3 is 3.00 bits per heavy atom. The van der Waals surface area contributed by atoms with E-state index >= 15 is 0 Å². The van der Waals surface area contributed by atoms with Crippen LogP contribution in [0.25, 0.3) is 0 Å². The average molecular weight is 188 g/mol. The van der Waals surface area contributed by atoms with Crippen molar-refractivity contribution in [1.82, 2.24) is 0 Å². The number of nitrogens with zero attached hydrogens (tertiary/aromatic N) is 2. The molecule has 0 aliphatic carbocycles. The third-order valence-electron chi connectivity index (χ3n) is 2.31. The molecule has 14 heavy (non-hydrogen) atoms. The molecule has 1 unspecified atom stereocenters. The first-order valence-corrected chi connectivity index (χ1v) is 4.46. The summed E-state index contributed by atoms with van der Waals surface area (Å²) in [7, 11) is 0. The first kappa shape index (κ1) is 10.4. The van der Waals surface area contributed by atoms with Crippen LogP contribution in [0.15, 0.2) is 28.8 Å². The van der Waals surface area contributed by atoms with Gasteiger partial charge in [-0.2, -0.15) is 5.26 Å². The molecule has 0 aromatic carbocycles. The summed E-state index contributed by atoms with van der Waals surface area (Å²) in [5.41, 5.74) is 0.439. The van der Waals surface area contributed by atoms with E-state index in [1.165, 1.54) is 0 Å². The standard InChI is InChI=1S/C11H12N2O/c1-10(4-2-9-14)11(6-7-12)5-3-8-13-11/h3-5,8-9H,2,6H2,1H3. The summed E-state index contributed by atoms with van der Waals surface area (Å²) < 4.78 is 0. The van der Waals surface area contributed by atoms with Crippen LogP contribution in [0.2, 0.25) is 0 Å². The highest BCUT2D eigenvalue weighted by Gasteiger charge is 2.29. The Morgan fingerprint density at radius 2 is 2.50 bits per heavy atom. The van der Waals surface area contributed by atoms with Gasteiger partial charge in [0, 0.05) is 12.6 Å². The highest BCUT2D eigenvalue weighted by molar-refractivity contribution is 5.76. The molecule has 0 spiro atoms. The van der Waals surface area contributed by atoms with Gasteiger partial charge in [0.2, 0.25) is 0 Å². The number of aldehydes is 1. The summed E-state index contributed by atoms with van der Waals surface area (Å²) in [6.07, 6.45) is 8.77. The fourth-order valence-corrected chi connectivity index (χ4v) is 1.42. The largest absolute Gasteiger partial charge is 0.303 e. The lowest BCUT2D eigenvalue weighted by Gasteiger charge is -2.21. The Labute approximate surface area is 83.5 Å². The molecular formula is C11H12N2O. The van der Waals surface area contributed by atoms with Gasteiger partial charge in [0.15, 0.2) is 0 Å². The van der Waals surface area contributed by atoms with Crippen LogP contribution in [-0.2, 0) is 4.79 Å². The summed E-state index contributed by atoms with van der Waals surface area (Å²) in [5, 5.41) is 8.71. The number of carbonyl (C=O) groups excluding carboxylic acids is 1. The van der Waals surface area contributed by atoms with Crippen LogP contribution in [0.5, 0.6) is 0 Å². The number of allylic oxidation sites excluding steroid dienone is 2. The van der Waals surface area contributed by atoms with Gasteiger partial charge in [0.25, 0.3) is 0 Å². The van der Waals surface area contributed by atoms with Gasteiger partial charge in [-0.3, -0.25) is 4.99 Å². The number of carbonyl (C=O) groups is 1. The Hall–Kier alpha value is -1.69. The van der Waals surface area contributed by atoms with Gasteiger partial charge in [0.05, 0.1) is 12.5 Å². The van der Waals surface area contributed by atoms with Gasteiger partial charge in [-0.05, 0) is 18.6 Å². The maximum absolute atomic E-state index is 10.2. The van der Waals surface area contributed by atoms with Crippen molar-refractivity contribution < 1.29 is 4.79 Å². The molecule has 1 heterocycles. The number of nitriles is 1. The lowest BCUT2D eigenvalue weighted by Crippen LogP contribution is -2.22. The van der Waals surface area contributed by atoms with Crippen LogP contribution in [0.4, 0.5) is 0 Å². The summed E-state index contributed by atoms with van der Waals surface area (Å²) in [6, 6.07) is 2.11. The van der Waals surface area contributed by atoms with Crippen LogP contribution >= 0.6 is 0 Å². The minimum absolute atomic E-state index is 0.321. The van der Waals surface area contributed by atoms with E-state index in [0.29, 0.717) is 12.8 Å². The molecule has 0 saturated carbocycles. The number of aliphatic imine (C=N–C) groups is 1. The van der Waals surface area contributed by atoms with E-state index in [-0.39, 0.29) is 0 Å². The minimum atomic E-state index is -0.516. The number of hydrogen-bond donors (Lipinski definition) is 0. The molecule has 72 valence electrons. The van der Waals surface area contributed by atoms with E-state index in [0.717, 1.165) is 11.9 Å². The van der Waals surface area contributed by atoms with Crippen molar-refractivity contribution in [3.8, 4) is 6.07 Å². The lowest BCUT2D eigenvalue weighted by atomic mass is 9.88. The second kappa shape index (κ2) is 4.52. The van der Waals surface area contributed by atoms with Crippen molar-refractivity contribution in [3.63, 3.8) is 0 Å². The molecule has 0 saturated heterocycles. The number of hydrogen-bond acceptors (Lipinski definition) is 3. The maximum Gasteiger partial charge on any atom is 0.123 e. The highest BCUT2D eigenvalue weighted by Crippen LogP contribution is 2.29. The Kier molecular flexibility index (Phi) is 3.35. The monoisotopic (exact) mass is 188 g/mol. The molecule has 3 nitrogen and oxygen atoms in total. The molecular weight excluding hydrogens is 176 g/mol. The molecule has 1 aliphatic heterocycles. The van der Waals surface area contributed by atoms with Crippen molar-refractivity contribution in [1.29, 1.82) is 5.26 Å². The molecule has 1 aliphatic rings. The fraction of sp³-hybridized carbons (Fsp3) is 0.364. The van der Waals surface area contributed by atoms with E-state index in [4.69, 9.17) is 5.26 Å². The predicted octanol–water partition coefficient (Wildman–Crippen LogP) is 1.81. The second-order valence-electron chi connectivity index (χ2n) is 3.19. The van der Waals surface area contributed by atoms with E-state index in [2.05, 4.69) is 11.1 Å². The average Bonchev–Trinajstić information content (AvgIpc) is 2.64. The van der Waals surface area contributed by atoms with Crippen LogP contribution in [-0.4, -0.2) is 18.0 Å². The van der Waals surface area contributed by atoms with Crippen molar-refractivity contribution >= 4 is 12.5 Å². The molecule has 0 fully saturated rings. The summed E-state index contributed by atoms with van der Waals surface area (Å²) >= 11 is 0. The van der Waals surface area contributed by atoms with Crippen molar-refractivity contribution in [2.45, 2.75) is 25.3 Å². The quantitative estimate of drug-likeness (QED) is 0.499. The lowest BCUT2D eigenvalue weighted by molar-refractivity contribution is -0.107. The first-order chi connectivity index (χ1) is 6.75. The Balaban J connectivity index is 2.89. The van der Waals surface area contributed by atoms with Crippen molar-refractivity contribution in [2.24, 2.45) is 4.99 Å². The third kappa shape index (κ3) is 1.97. The fourth-order valence-electron chi connectivity index (χ4n) is 1.42. The maximum atomic E-state index is 10.2. The molecule has 0 N–H and O–H groups in total. The van der Waals surface area contributed by atoms with Crippen molar-refractivity contribution in [2.75, 3.05) is 0 Å². The third-order valence-corrected chi connectivity index (χ3v) is 2.31. The summed E-state index contributed by atoms with van der Waals surface area (Å²) in [4.78, 5) is 14.5. The van der Waals surface area contributed by atoms with Gasteiger partial charge >= 0.3 is 0 Å². The zero-order valence-electron chi connectivity index (χ0n) is 8.10. The van der Waals surface area contributed by atoms with E-state index in [1.54, 1.807) is 6.21 Å². The molecule has 0 amide bonds. The number of rotatable bonds is 4. The first-order valence-electron chi connectivity index (χ1n) is 4.46. The van der Waals surface area contributed by atoms with Gasteiger partial charge in [-0.25, -0.2) is 0 Å². The molecule has 0 radical (unpaired) electrons. The van der Waals surface area contributed by atoms with Gasteiger partial charge < -0.3 is 4.79 Å². The minimum Gasteiger partial charge on any atom is -0.303 e. The van der Waals surface area contributed by atoms with E-state index < -0.39 is 5.54 Å². The molecule has 0 aromatic heterocycles. The van der Waals surface area contributed by atoms with Crippen LogP contribution in [0.3, 0.4) is 0 Å². The summed E-state index contributed by atoms with van der Waals surface area (Å²) in [6.45, 7) is 1.90. The van der Waals surface area contributed by atoms with E-state index in [9.17, 15) is 4.79 Å². The zero-order valence-corrected chi connectivity index (χ0v) is 8.10. The SMILES string of the molecule is CC(=CCC=O)C1(CC#N)C=CC=N1. The Bertz CT molecular complexity index is 333. The predicted molar refractivity (Wildman–Crippen MR) is 55.0 cm³/mol. The Morgan fingerprint density at radius 1 is 1.71 bits per heavy atom. The van der Waals surface area contributed by atoms with Crippen LogP contribution < -0.4 is 0 Å². The van der Waals surface area contributed by atoms with Crippen LogP contribution in [0, 0.1) is 11.3 Å². The molecule has 3 heteroatoms. The van der Waals surface area contributed by atoms with E-state index in [1.807, 2.05) is 25.2 Å². The second-order valence-corrected chi connectivity index (χ2v) is 3.19. The molecule has 0 bridgehead atoms. The van der Waals surface area contributed by atoms with Gasteiger partial charge in [-0.15, -0.1) is 0 Å². The van der Waals surface area contributed by atoms with Crippen molar-refractivity contribution in [3.05, 3.63) is 23.8 Å². The van der Waals surface area contributed by atoms with Gasteiger partial charge in [-0.1, -0.05) is 12.2 Å². The topological polar surface area (TPSA) is 53.2 Å². The molecule has 1 atom stereocenters. The van der Waals surface area contributed by atoms with Crippen LogP contribution in [0.1, 0.15) is 19.8 Å². The molecule has 0 aromatic rings. The highest BCUT2D eigenvalue weighted by atomic mass is 16.1. The normalized spacial score (nSPS) is 25.0. The molecule has 1 rings (SSSR count). The smallest absolute Gasteiger partial charge is 0.123 e. The van der Waals surface area contributed by atoms with Gasteiger partial charge in [0.1, 0.15) is 11.8 Å².